The number of hydrogen-bond donors (Lipinski definition) is 16. The van der Waals surface area contributed by atoms with Crippen LogP contribution in [0.4, 0.5) is 0 Å². The Kier molecular flexibility index (Phi) is 32.5. The van der Waals surface area contributed by atoms with E-state index in [2.05, 4.69) is 47.5 Å². The molecule has 0 radical (unpaired) electrons. The number of guanidine groups is 1. The third kappa shape index (κ3) is 25.8. The molecule has 0 aromatic heterocycles. The molecule has 0 rings (SSSR count). The molecule has 0 saturated heterocycles. The smallest absolute Gasteiger partial charge is 0.326 e. The Balaban J connectivity index is 6.60. The van der Waals surface area contributed by atoms with Crippen LogP contribution >= 0.6 is 0 Å². The standard InChI is InChI=1S/C44H84N14O12/c1-7-26(6)35(58-41(67)32(22-59)51-34(61)21-47)42(68)56-31(20-25(4)5)39(65)57-33(23-60)40(66)53-28(15-12-18-50-44(48)49)37(63)55-30(19-24(2)3)38(64)52-27(13-8-10-16-45)36(62)54-29(43(69)70)14-9-11-17-46/h24-33,35,59-60H,7-23,45-47H2,1-6H3,(H,51,61)(H,52,64)(H,53,66)(H,54,62)(H,55,63)(H,56,68)(H,57,65)(H,58,67)(H,69,70)(H4,48,49,50)/t26-,27-,28-,29-,30-,31-,32-,33-,35-/m0/s1. The lowest BCUT2D eigenvalue weighted by atomic mass is 9.96. The van der Waals surface area contributed by atoms with Crippen LogP contribution in [-0.2, 0) is 43.2 Å². The average molecular weight is 1000 g/mol. The number of carboxylic acid groups (broad SMARTS) is 1. The number of nitrogens with one attached hydrogen (secondary N) is 8. The normalized spacial score (nSPS) is 15.0. The predicted octanol–water partition coefficient (Wildman–Crippen LogP) is -4.66. The fourth-order valence-electron chi connectivity index (χ4n) is 6.91. The molecule has 0 aromatic carbocycles. The molecule has 0 heterocycles. The lowest BCUT2D eigenvalue weighted by molar-refractivity contribution is -0.142. The third-order valence-corrected chi connectivity index (χ3v) is 11.0. The number of carbonyl (C=O) groups excluding carboxylic acids is 8. The van der Waals surface area contributed by atoms with Crippen LogP contribution in [0.1, 0.15) is 112 Å². The Labute approximate surface area is 410 Å². The summed E-state index contributed by atoms with van der Waals surface area (Å²) >= 11 is 0. The molecular weight excluding hydrogens is 917 g/mol. The first-order chi connectivity index (χ1) is 33.0. The molecule has 0 spiro atoms. The van der Waals surface area contributed by atoms with Gasteiger partial charge in [0.15, 0.2) is 5.96 Å². The fraction of sp³-hybridized carbons (Fsp3) is 0.773. The van der Waals surface area contributed by atoms with Gasteiger partial charge in [-0.15, -0.1) is 0 Å². The van der Waals surface area contributed by atoms with Crippen molar-refractivity contribution >= 4 is 59.2 Å². The highest BCUT2D eigenvalue weighted by Crippen LogP contribution is 2.13. The van der Waals surface area contributed by atoms with Crippen molar-refractivity contribution in [3.8, 4) is 0 Å². The van der Waals surface area contributed by atoms with Crippen molar-refractivity contribution in [1.82, 2.24) is 42.5 Å². The highest BCUT2D eigenvalue weighted by molar-refractivity contribution is 5.98. The SMILES string of the molecule is CC[C@H](C)[C@H](NC(=O)[C@H](CO)NC(=O)CN)C(=O)N[C@@H](CC(C)C)C(=O)N[C@@H](CO)C(=O)N[C@@H](CCCN=C(N)N)C(=O)N[C@@H](CC(C)C)C(=O)N[C@@H](CCCCN)C(=O)N[C@@H](CCCCN)C(=O)O. The van der Waals surface area contributed by atoms with Crippen LogP contribution in [0, 0.1) is 17.8 Å². The van der Waals surface area contributed by atoms with Gasteiger partial charge in [0.05, 0.1) is 19.8 Å². The molecule has 0 unspecified atom stereocenters. The van der Waals surface area contributed by atoms with Gasteiger partial charge in [-0.2, -0.15) is 0 Å². The minimum atomic E-state index is -1.68. The summed E-state index contributed by atoms with van der Waals surface area (Å²) in [7, 11) is 0. The summed E-state index contributed by atoms with van der Waals surface area (Å²) in [4.78, 5) is 124. The van der Waals surface area contributed by atoms with Crippen molar-refractivity contribution in [3.63, 3.8) is 0 Å². The molecule has 70 heavy (non-hydrogen) atoms. The Morgan fingerprint density at radius 2 is 0.857 bits per heavy atom. The van der Waals surface area contributed by atoms with Crippen LogP contribution in [0.25, 0.3) is 0 Å². The number of aliphatic carboxylic acids is 1. The topological polar surface area (TPSA) is 453 Å². The predicted molar refractivity (Wildman–Crippen MR) is 260 cm³/mol. The number of aliphatic hydroxyl groups is 2. The summed E-state index contributed by atoms with van der Waals surface area (Å²) in [5.41, 5.74) is 27.5. The van der Waals surface area contributed by atoms with Crippen molar-refractivity contribution in [2.24, 2.45) is 51.4 Å². The highest BCUT2D eigenvalue weighted by Gasteiger charge is 2.36. The van der Waals surface area contributed by atoms with Gasteiger partial charge in [-0.05, 0) is 95.1 Å². The van der Waals surface area contributed by atoms with Crippen molar-refractivity contribution in [1.29, 1.82) is 0 Å². The maximum Gasteiger partial charge on any atom is 0.326 e. The highest BCUT2D eigenvalue weighted by atomic mass is 16.4. The molecule has 0 aliphatic rings. The second-order valence-electron chi connectivity index (χ2n) is 18.0. The minimum Gasteiger partial charge on any atom is -0.480 e. The Morgan fingerprint density at radius 1 is 0.486 bits per heavy atom. The quantitative estimate of drug-likeness (QED) is 0.0158. The van der Waals surface area contributed by atoms with Crippen LogP contribution in [0.3, 0.4) is 0 Å². The van der Waals surface area contributed by atoms with E-state index >= 15 is 0 Å². The van der Waals surface area contributed by atoms with Crippen molar-refractivity contribution in [2.45, 2.75) is 161 Å². The van der Waals surface area contributed by atoms with E-state index < -0.39 is 127 Å². The molecule has 0 aliphatic heterocycles. The first-order valence-corrected chi connectivity index (χ1v) is 24.0. The van der Waals surface area contributed by atoms with Crippen LogP contribution in [-0.4, -0.2) is 162 Å². The van der Waals surface area contributed by atoms with Crippen molar-refractivity contribution in [3.05, 3.63) is 0 Å². The lowest BCUT2D eigenvalue weighted by Gasteiger charge is -2.29. The van der Waals surface area contributed by atoms with Gasteiger partial charge < -0.3 is 86.5 Å². The fourth-order valence-corrected chi connectivity index (χ4v) is 6.91. The molecule has 0 saturated carbocycles. The molecule has 0 aromatic rings. The van der Waals surface area contributed by atoms with E-state index in [1.165, 1.54) is 0 Å². The summed E-state index contributed by atoms with van der Waals surface area (Å²) in [6, 6.07) is -10.8. The number of unbranched alkanes of at least 4 members (excludes halogenated alkanes) is 2. The number of rotatable bonds is 37. The second-order valence-corrected chi connectivity index (χ2v) is 18.0. The molecule has 8 amide bonds. The molecule has 9 atom stereocenters. The summed E-state index contributed by atoms with van der Waals surface area (Å²) in [5, 5.41) is 50.0. The van der Waals surface area contributed by atoms with E-state index in [4.69, 9.17) is 28.7 Å². The van der Waals surface area contributed by atoms with Crippen LogP contribution < -0.4 is 71.2 Å². The zero-order valence-corrected chi connectivity index (χ0v) is 41.7. The van der Waals surface area contributed by atoms with Gasteiger partial charge in [-0.25, -0.2) is 4.79 Å². The molecule has 0 aliphatic carbocycles. The van der Waals surface area contributed by atoms with Crippen molar-refractivity contribution in [2.75, 3.05) is 39.4 Å². The largest absolute Gasteiger partial charge is 0.480 e. The van der Waals surface area contributed by atoms with Gasteiger partial charge in [0.1, 0.15) is 48.3 Å². The molecule has 26 heteroatoms. The van der Waals surface area contributed by atoms with Crippen LogP contribution in [0.2, 0.25) is 0 Å². The number of nitrogens with zero attached hydrogens (tertiary/aromatic N) is 1. The summed E-state index contributed by atoms with van der Waals surface area (Å²) in [5.74, 6) is -9.10. The number of amides is 8. The van der Waals surface area contributed by atoms with Gasteiger partial charge in [0.25, 0.3) is 0 Å². The molecular formula is C44H84N14O12. The maximum absolute atomic E-state index is 14.1. The van der Waals surface area contributed by atoms with E-state index in [1.54, 1.807) is 41.5 Å². The monoisotopic (exact) mass is 1000 g/mol. The molecule has 0 fully saturated rings. The van der Waals surface area contributed by atoms with Gasteiger partial charge in [-0.3, -0.25) is 43.3 Å². The van der Waals surface area contributed by atoms with E-state index in [-0.39, 0.29) is 62.9 Å². The van der Waals surface area contributed by atoms with E-state index in [0.717, 1.165) is 0 Å². The second kappa shape index (κ2) is 35.4. The lowest BCUT2D eigenvalue weighted by Crippen LogP contribution is -2.61. The number of hydrogen-bond acceptors (Lipinski definition) is 15. The number of carbonyl (C=O) groups is 9. The van der Waals surface area contributed by atoms with E-state index in [1.807, 2.05) is 0 Å². The molecule has 26 nitrogen and oxygen atoms in total. The number of aliphatic hydroxyl groups excluding tert-OH is 2. The number of carboxylic acids is 1. The van der Waals surface area contributed by atoms with Crippen LogP contribution in [0.5, 0.6) is 0 Å². The summed E-state index contributed by atoms with van der Waals surface area (Å²) in [6.45, 7) is 8.94. The first kappa shape index (κ1) is 64.3. The average Bonchev–Trinajstić information content (AvgIpc) is 3.30. The van der Waals surface area contributed by atoms with Crippen LogP contribution in [0.15, 0.2) is 4.99 Å². The summed E-state index contributed by atoms with van der Waals surface area (Å²) in [6.07, 6.45) is 2.57. The van der Waals surface area contributed by atoms with Gasteiger partial charge in [0, 0.05) is 6.54 Å². The van der Waals surface area contributed by atoms with Gasteiger partial charge in [0.2, 0.25) is 47.3 Å². The summed E-state index contributed by atoms with van der Waals surface area (Å²) < 4.78 is 0. The first-order valence-electron chi connectivity index (χ1n) is 24.0. The van der Waals surface area contributed by atoms with Gasteiger partial charge in [-0.1, -0.05) is 48.0 Å². The Morgan fingerprint density at radius 3 is 1.27 bits per heavy atom. The zero-order valence-electron chi connectivity index (χ0n) is 41.7. The molecule has 0 bridgehead atoms. The van der Waals surface area contributed by atoms with E-state index in [9.17, 15) is 58.5 Å². The third-order valence-electron chi connectivity index (χ3n) is 11.0. The number of aliphatic imine (C=N–C) groups is 1. The van der Waals surface area contributed by atoms with E-state index in [0.29, 0.717) is 45.2 Å². The minimum absolute atomic E-state index is 0.0267. The molecule has 21 N–H and O–H groups in total. The maximum atomic E-state index is 14.1. The zero-order chi connectivity index (χ0) is 53.5. The Hall–Kier alpha value is -5.70. The van der Waals surface area contributed by atoms with Crippen molar-refractivity contribution < 1.29 is 58.5 Å². The molecule has 402 valence electrons. The number of nitrogens with two attached hydrogens (primary N) is 5. The van der Waals surface area contributed by atoms with Gasteiger partial charge >= 0.3 is 5.97 Å². The Bertz CT molecular complexity index is 1700.